The quantitative estimate of drug-likeness (QED) is 0.354. The largest absolute Gasteiger partial charge is 0.507 e. The Bertz CT molecular complexity index is 1060. The Hall–Kier alpha value is -3.32. The molecule has 0 spiro atoms. The zero-order valence-corrected chi connectivity index (χ0v) is 19.9. The highest BCUT2D eigenvalue weighted by Gasteiger charge is 2.46. The van der Waals surface area contributed by atoms with Gasteiger partial charge < -0.3 is 24.4 Å². The summed E-state index contributed by atoms with van der Waals surface area (Å²) in [5.74, 6) is -0.269. The van der Waals surface area contributed by atoms with E-state index in [1.807, 2.05) is 57.1 Å². The van der Waals surface area contributed by atoms with Crippen LogP contribution in [0, 0.1) is 6.92 Å². The molecule has 176 valence electrons. The minimum absolute atomic E-state index is 0.0743. The van der Waals surface area contributed by atoms with E-state index in [1.54, 1.807) is 30.2 Å². The molecule has 2 aromatic carbocycles. The predicted molar refractivity (Wildman–Crippen MR) is 128 cm³/mol. The van der Waals surface area contributed by atoms with Crippen LogP contribution in [0.3, 0.4) is 0 Å². The van der Waals surface area contributed by atoms with Crippen LogP contribution in [0.2, 0.25) is 0 Å². The van der Waals surface area contributed by atoms with Gasteiger partial charge in [0.25, 0.3) is 11.7 Å². The van der Waals surface area contributed by atoms with Crippen molar-refractivity contribution in [2.24, 2.45) is 0 Å². The summed E-state index contributed by atoms with van der Waals surface area (Å²) in [7, 11) is 5.49. The molecule has 1 unspecified atom stereocenters. The number of para-hydroxylation sites is 1. The fraction of sp³-hybridized carbons (Fsp3) is 0.385. The standard InChI is InChI=1S/C26H32N2O5/c1-6-33-21-11-8-7-10-20(21)23-22(24(29)19-13-12-18(32-5)16-17(19)2)25(30)26(31)28(23)15-9-14-27(3)4/h7-8,10-13,16,23,29H,6,9,14-15H2,1-5H3/b24-22+. The third kappa shape index (κ3) is 5.03. The summed E-state index contributed by atoms with van der Waals surface area (Å²) in [6.07, 6.45) is 0.689. The van der Waals surface area contributed by atoms with Crippen molar-refractivity contribution in [2.75, 3.05) is 40.9 Å². The first kappa shape index (κ1) is 24.3. The summed E-state index contributed by atoms with van der Waals surface area (Å²) < 4.78 is 11.1. The number of aliphatic hydroxyl groups excluding tert-OH is 1. The Morgan fingerprint density at radius 3 is 2.52 bits per heavy atom. The highest BCUT2D eigenvalue weighted by atomic mass is 16.5. The SMILES string of the molecule is CCOc1ccccc1C1/C(=C(\O)c2ccc(OC)cc2C)C(=O)C(=O)N1CCCN(C)C. The third-order valence-electron chi connectivity index (χ3n) is 5.75. The second-order valence-electron chi connectivity index (χ2n) is 8.30. The van der Waals surface area contributed by atoms with Crippen molar-refractivity contribution >= 4 is 17.4 Å². The van der Waals surface area contributed by atoms with E-state index in [1.165, 1.54) is 0 Å². The van der Waals surface area contributed by atoms with Crippen LogP contribution in [0.5, 0.6) is 11.5 Å². The monoisotopic (exact) mass is 452 g/mol. The van der Waals surface area contributed by atoms with Gasteiger partial charge in [0.05, 0.1) is 25.3 Å². The summed E-state index contributed by atoms with van der Waals surface area (Å²) in [4.78, 5) is 29.9. The molecule has 0 radical (unpaired) electrons. The fourth-order valence-electron chi connectivity index (χ4n) is 4.16. The topological polar surface area (TPSA) is 79.3 Å². The number of methoxy groups -OCH3 is 1. The summed E-state index contributed by atoms with van der Waals surface area (Å²) in [6.45, 7) is 5.29. The van der Waals surface area contributed by atoms with E-state index in [2.05, 4.69) is 0 Å². The van der Waals surface area contributed by atoms with Gasteiger partial charge >= 0.3 is 0 Å². The Kier molecular flexibility index (Phi) is 7.76. The van der Waals surface area contributed by atoms with Crippen LogP contribution >= 0.6 is 0 Å². The van der Waals surface area contributed by atoms with Crippen molar-refractivity contribution in [1.82, 2.24) is 9.80 Å². The van der Waals surface area contributed by atoms with E-state index in [4.69, 9.17) is 9.47 Å². The van der Waals surface area contributed by atoms with Crippen molar-refractivity contribution < 1.29 is 24.2 Å². The highest BCUT2D eigenvalue weighted by Crippen LogP contribution is 2.43. The van der Waals surface area contributed by atoms with Crippen LogP contribution in [0.1, 0.15) is 36.1 Å². The Morgan fingerprint density at radius 2 is 1.88 bits per heavy atom. The molecule has 1 atom stereocenters. The predicted octanol–water partition coefficient (Wildman–Crippen LogP) is 3.78. The minimum atomic E-state index is -0.739. The van der Waals surface area contributed by atoms with E-state index >= 15 is 0 Å². The van der Waals surface area contributed by atoms with E-state index < -0.39 is 17.7 Å². The number of hydrogen-bond acceptors (Lipinski definition) is 6. The van der Waals surface area contributed by atoms with Crippen LogP contribution in [0.15, 0.2) is 48.0 Å². The molecule has 0 aliphatic carbocycles. The first-order valence-electron chi connectivity index (χ1n) is 11.1. The van der Waals surface area contributed by atoms with Gasteiger partial charge in [0.1, 0.15) is 17.3 Å². The Labute approximate surface area is 195 Å². The molecule has 1 fully saturated rings. The van der Waals surface area contributed by atoms with Crippen molar-refractivity contribution in [3.8, 4) is 11.5 Å². The normalized spacial score (nSPS) is 17.6. The Morgan fingerprint density at radius 1 is 1.15 bits per heavy atom. The molecule has 1 saturated heterocycles. The number of carbonyl (C=O) groups is 2. The average Bonchev–Trinajstić information content (AvgIpc) is 3.04. The highest BCUT2D eigenvalue weighted by molar-refractivity contribution is 6.46. The van der Waals surface area contributed by atoms with Gasteiger partial charge in [-0.2, -0.15) is 0 Å². The third-order valence-corrected chi connectivity index (χ3v) is 5.75. The number of carbonyl (C=O) groups excluding carboxylic acids is 2. The lowest BCUT2D eigenvalue weighted by molar-refractivity contribution is -0.140. The molecular weight excluding hydrogens is 420 g/mol. The first-order chi connectivity index (χ1) is 15.8. The number of Topliss-reactive ketones (excluding diaryl/α,β-unsaturated/α-hetero) is 1. The van der Waals surface area contributed by atoms with Gasteiger partial charge in [0.2, 0.25) is 0 Å². The maximum absolute atomic E-state index is 13.2. The van der Waals surface area contributed by atoms with Gasteiger partial charge in [0.15, 0.2) is 0 Å². The fourth-order valence-corrected chi connectivity index (χ4v) is 4.16. The zero-order valence-electron chi connectivity index (χ0n) is 19.9. The minimum Gasteiger partial charge on any atom is -0.507 e. The maximum Gasteiger partial charge on any atom is 0.295 e. The molecule has 7 nitrogen and oxygen atoms in total. The van der Waals surface area contributed by atoms with E-state index in [-0.39, 0.29) is 11.3 Å². The second kappa shape index (κ2) is 10.5. The summed E-state index contributed by atoms with van der Waals surface area (Å²) in [6, 6.07) is 11.8. The molecule has 1 N–H and O–H groups in total. The van der Waals surface area contributed by atoms with Gasteiger partial charge in [0, 0.05) is 17.7 Å². The van der Waals surface area contributed by atoms with Crippen molar-refractivity contribution in [2.45, 2.75) is 26.3 Å². The molecule has 2 aromatic rings. The summed E-state index contributed by atoms with van der Waals surface area (Å²) in [5, 5.41) is 11.3. The van der Waals surface area contributed by atoms with Crippen LogP contribution in [-0.2, 0) is 9.59 Å². The summed E-state index contributed by atoms with van der Waals surface area (Å²) >= 11 is 0. The van der Waals surface area contributed by atoms with Gasteiger partial charge in [-0.25, -0.2) is 0 Å². The molecule has 1 aliphatic heterocycles. The maximum atomic E-state index is 13.2. The van der Waals surface area contributed by atoms with Crippen molar-refractivity contribution in [1.29, 1.82) is 0 Å². The van der Waals surface area contributed by atoms with Gasteiger partial charge in [-0.1, -0.05) is 18.2 Å². The number of rotatable bonds is 9. The van der Waals surface area contributed by atoms with Gasteiger partial charge in [-0.05, 0) is 70.7 Å². The number of aliphatic hydroxyl groups is 1. The number of likely N-dealkylation sites (tertiary alicyclic amines) is 1. The zero-order chi connectivity index (χ0) is 24.1. The summed E-state index contributed by atoms with van der Waals surface area (Å²) in [5.41, 5.74) is 1.98. The van der Waals surface area contributed by atoms with E-state index in [9.17, 15) is 14.7 Å². The smallest absolute Gasteiger partial charge is 0.295 e. The van der Waals surface area contributed by atoms with Crippen LogP contribution in [0.4, 0.5) is 0 Å². The molecule has 1 heterocycles. The molecule has 33 heavy (non-hydrogen) atoms. The van der Waals surface area contributed by atoms with Crippen LogP contribution < -0.4 is 9.47 Å². The van der Waals surface area contributed by atoms with Crippen molar-refractivity contribution in [3.05, 3.63) is 64.7 Å². The number of benzene rings is 2. The van der Waals surface area contributed by atoms with Gasteiger partial charge in [-0.15, -0.1) is 0 Å². The van der Waals surface area contributed by atoms with Gasteiger partial charge in [-0.3, -0.25) is 9.59 Å². The number of ketones is 1. The first-order valence-corrected chi connectivity index (χ1v) is 11.1. The molecule has 0 saturated carbocycles. The van der Waals surface area contributed by atoms with Crippen molar-refractivity contribution in [3.63, 3.8) is 0 Å². The van der Waals surface area contributed by atoms with E-state index in [0.717, 1.165) is 12.1 Å². The number of nitrogens with zero attached hydrogens (tertiary/aromatic N) is 2. The number of amides is 1. The number of hydrogen-bond donors (Lipinski definition) is 1. The molecular formula is C26H32N2O5. The molecule has 7 heteroatoms. The number of ether oxygens (including phenoxy) is 2. The lowest BCUT2D eigenvalue weighted by Crippen LogP contribution is -2.32. The molecule has 3 rings (SSSR count). The Balaban J connectivity index is 2.17. The number of aryl methyl sites for hydroxylation is 1. The lowest BCUT2D eigenvalue weighted by atomic mass is 9.93. The van der Waals surface area contributed by atoms with Crippen LogP contribution in [0.25, 0.3) is 5.76 Å². The molecule has 0 bridgehead atoms. The second-order valence-corrected chi connectivity index (χ2v) is 8.30. The molecule has 0 aromatic heterocycles. The lowest BCUT2D eigenvalue weighted by Gasteiger charge is -2.27. The molecule has 1 amide bonds. The molecule has 1 aliphatic rings. The van der Waals surface area contributed by atoms with E-state index in [0.29, 0.717) is 42.2 Å². The average molecular weight is 453 g/mol. The van der Waals surface area contributed by atoms with Crippen LogP contribution in [-0.4, -0.2) is 67.5 Å².